The van der Waals surface area contributed by atoms with Gasteiger partial charge in [0.15, 0.2) is 5.82 Å². The molecule has 2 aliphatic rings. The van der Waals surface area contributed by atoms with Gasteiger partial charge in [-0.05, 0) is 55.5 Å². The molecule has 4 heterocycles. The molecular weight excluding hydrogens is 488 g/mol. The summed E-state index contributed by atoms with van der Waals surface area (Å²) in [5, 5.41) is 3.80. The lowest BCUT2D eigenvalue weighted by atomic mass is 9.90. The summed E-state index contributed by atoms with van der Waals surface area (Å²) < 4.78 is 26.0. The summed E-state index contributed by atoms with van der Waals surface area (Å²) in [6.45, 7) is 3.57. The Morgan fingerprint density at radius 3 is 2.66 bits per heavy atom. The van der Waals surface area contributed by atoms with E-state index in [9.17, 15) is 13.6 Å². The topological polar surface area (TPSA) is 103 Å². The highest BCUT2D eigenvalue weighted by Gasteiger charge is 2.24. The van der Waals surface area contributed by atoms with Crippen molar-refractivity contribution in [3.8, 4) is 0 Å². The number of amides is 1. The Morgan fingerprint density at radius 1 is 1.03 bits per heavy atom. The molecule has 1 unspecified atom stereocenters. The Kier molecular flexibility index (Phi) is 7.67. The number of halogens is 2. The lowest BCUT2D eigenvalue weighted by Crippen LogP contribution is -2.35. The first kappa shape index (κ1) is 25.4. The Labute approximate surface area is 219 Å². The number of carbonyl (C=O) groups excluding carboxylic acids is 1. The number of benzene rings is 2. The van der Waals surface area contributed by atoms with Crippen LogP contribution < -0.4 is 20.9 Å². The van der Waals surface area contributed by atoms with E-state index in [4.69, 9.17) is 5.73 Å². The van der Waals surface area contributed by atoms with Gasteiger partial charge in [0.25, 0.3) is 0 Å². The van der Waals surface area contributed by atoms with Crippen LogP contribution in [-0.4, -0.2) is 47.5 Å². The van der Waals surface area contributed by atoms with Crippen LogP contribution in [-0.2, 0) is 4.79 Å². The standard InChI is InChI=1S/C18H19N5O.C10H12F2N2/c24-12-22-15-5-1-3-13(9-15)14-4-2-8-23(10-14)18-16-6-7-19-17(16)20-11-21-18;11-7-5-8(12)10(13)9(6-7)14-3-1-2-4-14/h1,3,5-7,9,11-12,14H,2,4,8,10H2,(H,22,24)(H,19,20,21);5-6H,1-4,13H2. The number of aromatic nitrogens is 3. The van der Waals surface area contributed by atoms with Crippen molar-refractivity contribution in [3.05, 3.63) is 72.2 Å². The average molecular weight is 520 g/mol. The molecule has 8 nitrogen and oxygen atoms in total. The summed E-state index contributed by atoms with van der Waals surface area (Å²) in [5.41, 5.74) is 9.06. The van der Waals surface area contributed by atoms with Gasteiger partial charge in [-0.1, -0.05) is 12.1 Å². The van der Waals surface area contributed by atoms with Crippen LogP contribution in [0.3, 0.4) is 0 Å². The molecule has 0 radical (unpaired) electrons. The lowest BCUT2D eigenvalue weighted by molar-refractivity contribution is -0.105. The van der Waals surface area contributed by atoms with Crippen molar-refractivity contribution in [1.82, 2.24) is 15.0 Å². The van der Waals surface area contributed by atoms with Crippen molar-refractivity contribution in [2.24, 2.45) is 0 Å². The summed E-state index contributed by atoms with van der Waals surface area (Å²) >= 11 is 0. The molecule has 1 atom stereocenters. The number of H-pyrrole nitrogens is 1. The predicted octanol–water partition coefficient (Wildman–Crippen LogP) is 5.06. The molecule has 2 aromatic carbocycles. The predicted molar refractivity (Wildman–Crippen MR) is 146 cm³/mol. The molecule has 2 fully saturated rings. The van der Waals surface area contributed by atoms with E-state index in [-0.39, 0.29) is 5.69 Å². The number of anilines is 4. The number of nitrogens with two attached hydrogens (primary N) is 1. The summed E-state index contributed by atoms with van der Waals surface area (Å²) in [6.07, 6.45) is 8.60. The van der Waals surface area contributed by atoms with Crippen molar-refractivity contribution in [3.63, 3.8) is 0 Å². The maximum absolute atomic E-state index is 13.1. The number of aromatic amines is 1. The van der Waals surface area contributed by atoms with Crippen molar-refractivity contribution in [2.75, 3.05) is 47.0 Å². The zero-order valence-corrected chi connectivity index (χ0v) is 21.0. The molecule has 2 aliphatic heterocycles. The fraction of sp³-hybridized carbons (Fsp3) is 0.321. The number of nitrogens with one attached hydrogen (secondary N) is 2. The van der Waals surface area contributed by atoms with Gasteiger partial charge in [-0.25, -0.2) is 18.7 Å². The molecule has 10 heteroatoms. The summed E-state index contributed by atoms with van der Waals surface area (Å²) in [5.74, 6) is 0.176. The molecule has 38 heavy (non-hydrogen) atoms. The highest BCUT2D eigenvalue weighted by molar-refractivity contribution is 5.87. The van der Waals surface area contributed by atoms with Crippen molar-refractivity contribution < 1.29 is 13.6 Å². The minimum Gasteiger partial charge on any atom is -0.395 e. The van der Waals surface area contributed by atoms with E-state index >= 15 is 0 Å². The number of hydrogen-bond donors (Lipinski definition) is 3. The van der Waals surface area contributed by atoms with Gasteiger partial charge in [0.2, 0.25) is 6.41 Å². The van der Waals surface area contributed by atoms with E-state index in [0.29, 0.717) is 11.6 Å². The van der Waals surface area contributed by atoms with E-state index in [0.717, 1.165) is 86.9 Å². The summed E-state index contributed by atoms with van der Waals surface area (Å²) in [7, 11) is 0. The van der Waals surface area contributed by atoms with E-state index < -0.39 is 11.6 Å². The Balaban J connectivity index is 0.000000179. The number of carbonyl (C=O) groups is 1. The van der Waals surface area contributed by atoms with Crippen LogP contribution in [0.5, 0.6) is 0 Å². The van der Waals surface area contributed by atoms with E-state index in [1.54, 1.807) is 6.33 Å². The van der Waals surface area contributed by atoms with Crippen molar-refractivity contribution in [2.45, 2.75) is 31.6 Å². The maximum Gasteiger partial charge on any atom is 0.211 e. The molecule has 0 saturated carbocycles. The van der Waals surface area contributed by atoms with Crippen LogP contribution >= 0.6 is 0 Å². The van der Waals surface area contributed by atoms with Gasteiger partial charge in [-0.15, -0.1) is 0 Å². The van der Waals surface area contributed by atoms with Crippen molar-refractivity contribution in [1.29, 1.82) is 0 Å². The molecule has 1 amide bonds. The molecule has 4 aromatic rings. The molecule has 2 aromatic heterocycles. The smallest absolute Gasteiger partial charge is 0.211 e. The van der Waals surface area contributed by atoms with Crippen LogP contribution in [0.1, 0.15) is 37.2 Å². The number of nitrogen functional groups attached to an aromatic ring is 1. The molecule has 2 saturated heterocycles. The molecule has 0 bridgehead atoms. The van der Waals surface area contributed by atoms with Crippen molar-refractivity contribution >= 4 is 40.3 Å². The molecule has 0 spiro atoms. The third kappa shape index (κ3) is 5.53. The minimum absolute atomic E-state index is 0.0494. The largest absolute Gasteiger partial charge is 0.395 e. The van der Waals surface area contributed by atoms with Gasteiger partial charge in [-0.3, -0.25) is 4.79 Å². The quantitative estimate of drug-likeness (QED) is 0.252. The zero-order chi connectivity index (χ0) is 26.5. The fourth-order valence-electron chi connectivity index (χ4n) is 5.29. The zero-order valence-electron chi connectivity index (χ0n) is 21.0. The number of piperidine rings is 1. The fourth-order valence-corrected chi connectivity index (χ4v) is 5.29. The van der Waals surface area contributed by atoms with Gasteiger partial charge in [-0.2, -0.15) is 0 Å². The first-order valence-corrected chi connectivity index (χ1v) is 12.9. The van der Waals surface area contributed by atoms with Crippen LogP contribution in [0.25, 0.3) is 11.0 Å². The number of nitrogens with zero attached hydrogens (tertiary/aromatic N) is 4. The second kappa shape index (κ2) is 11.5. The summed E-state index contributed by atoms with van der Waals surface area (Å²) in [6, 6.07) is 12.2. The van der Waals surface area contributed by atoms with Crippen LogP contribution in [0.15, 0.2) is 55.0 Å². The molecule has 0 aliphatic carbocycles. The molecule has 4 N–H and O–H groups in total. The van der Waals surface area contributed by atoms with Crippen LogP contribution in [0.4, 0.5) is 31.7 Å². The number of fused-ring (bicyclic) bond motifs is 1. The molecular formula is C28H31F2N7O. The lowest BCUT2D eigenvalue weighted by Gasteiger charge is -2.34. The first-order valence-electron chi connectivity index (χ1n) is 12.9. The highest BCUT2D eigenvalue weighted by atomic mass is 19.1. The number of hydrogen-bond acceptors (Lipinski definition) is 6. The minimum atomic E-state index is -0.674. The van der Waals surface area contributed by atoms with Gasteiger partial charge in [0.1, 0.15) is 23.6 Å². The maximum atomic E-state index is 13.1. The van der Waals surface area contributed by atoms with Gasteiger partial charge < -0.3 is 25.8 Å². The highest BCUT2D eigenvalue weighted by Crippen LogP contribution is 2.33. The third-order valence-electron chi connectivity index (χ3n) is 7.16. The van der Waals surface area contributed by atoms with Crippen LogP contribution in [0, 0.1) is 11.6 Å². The molecule has 198 valence electrons. The Bertz CT molecular complexity index is 1400. The summed E-state index contributed by atoms with van der Waals surface area (Å²) in [4.78, 5) is 26.8. The Hall–Kier alpha value is -4.21. The van der Waals surface area contributed by atoms with Gasteiger partial charge in [0, 0.05) is 50.0 Å². The van der Waals surface area contributed by atoms with Crippen LogP contribution in [0.2, 0.25) is 0 Å². The molecule has 6 rings (SSSR count). The SMILES string of the molecule is Nc1c(F)cc(F)cc1N1CCCC1.O=CNc1cccc(C2CCCN(c3ncnc4[nH]ccc34)C2)c1. The van der Waals surface area contributed by atoms with E-state index in [2.05, 4.69) is 37.3 Å². The second-order valence-corrected chi connectivity index (χ2v) is 9.62. The Morgan fingerprint density at radius 2 is 1.84 bits per heavy atom. The monoisotopic (exact) mass is 519 g/mol. The van der Waals surface area contributed by atoms with E-state index in [1.807, 2.05) is 29.3 Å². The van der Waals surface area contributed by atoms with Gasteiger partial charge in [0.05, 0.1) is 16.8 Å². The average Bonchev–Trinajstić information content (AvgIpc) is 3.64. The second-order valence-electron chi connectivity index (χ2n) is 9.62. The number of rotatable bonds is 5. The third-order valence-corrected chi connectivity index (χ3v) is 7.16. The normalized spacial score (nSPS) is 17.3. The van der Waals surface area contributed by atoms with Gasteiger partial charge >= 0.3 is 0 Å². The first-order chi connectivity index (χ1) is 18.5. The van der Waals surface area contributed by atoms with E-state index in [1.165, 1.54) is 11.6 Å².